The van der Waals surface area contributed by atoms with Crippen molar-refractivity contribution in [2.45, 2.75) is 98.7 Å². The third-order valence-corrected chi connectivity index (χ3v) is 11.4. The van der Waals surface area contributed by atoms with Crippen LogP contribution < -0.4 is 0 Å². The molecule has 3 heteroatoms. The third kappa shape index (κ3) is 7.72. The van der Waals surface area contributed by atoms with Crippen molar-refractivity contribution in [3.63, 3.8) is 0 Å². The number of hydrogen-bond acceptors (Lipinski definition) is 2. The van der Waals surface area contributed by atoms with Gasteiger partial charge in [0.25, 0.3) is 0 Å². The number of ketones is 1. The van der Waals surface area contributed by atoms with E-state index < -0.39 is 8.32 Å². The first kappa shape index (κ1) is 24.9. The van der Waals surface area contributed by atoms with Gasteiger partial charge in [-0.15, -0.1) is 0 Å². The second-order valence-electron chi connectivity index (χ2n) is 10.4. The van der Waals surface area contributed by atoms with Crippen molar-refractivity contribution in [2.24, 2.45) is 11.3 Å². The van der Waals surface area contributed by atoms with Gasteiger partial charge in [-0.1, -0.05) is 50.8 Å². The van der Waals surface area contributed by atoms with Crippen molar-refractivity contribution in [1.29, 1.82) is 0 Å². The summed E-state index contributed by atoms with van der Waals surface area (Å²) in [6.07, 6.45) is 8.97. The maximum Gasteiger partial charge on any atom is 0.228 e. The van der Waals surface area contributed by atoms with E-state index in [1.165, 1.54) is 5.57 Å². The van der Waals surface area contributed by atoms with E-state index in [1.54, 1.807) is 6.08 Å². The van der Waals surface area contributed by atoms with Gasteiger partial charge in [0.05, 0.1) is 0 Å². The SMILES string of the molecule is C/C1=C/C(=O)C#C[C@](C)([C@H](C)CCO[Si](C)(C)C(C)(C)C)CC/C(C)=C/CC1. The van der Waals surface area contributed by atoms with Crippen LogP contribution in [-0.4, -0.2) is 20.7 Å². The molecule has 0 heterocycles. The van der Waals surface area contributed by atoms with Crippen LogP contribution in [0.25, 0.3) is 0 Å². The van der Waals surface area contributed by atoms with Crippen LogP contribution in [0.5, 0.6) is 0 Å². The van der Waals surface area contributed by atoms with E-state index in [9.17, 15) is 4.79 Å². The molecule has 0 radical (unpaired) electrons. The van der Waals surface area contributed by atoms with Crippen molar-refractivity contribution in [2.75, 3.05) is 6.61 Å². The lowest BCUT2D eigenvalue weighted by atomic mass is 9.73. The molecule has 1 aliphatic carbocycles. The van der Waals surface area contributed by atoms with Crippen LogP contribution in [0.2, 0.25) is 18.1 Å². The summed E-state index contributed by atoms with van der Waals surface area (Å²) in [4.78, 5) is 12.3. The molecule has 2 nitrogen and oxygen atoms in total. The van der Waals surface area contributed by atoms with E-state index in [0.717, 1.165) is 44.3 Å². The second-order valence-corrected chi connectivity index (χ2v) is 15.2. The number of carbonyl (C=O) groups excluding carboxylic acids is 1. The van der Waals surface area contributed by atoms with Crippen LogP contribution >= 0.6 is 0 Å². The topological polar surface area (TPSA) is 26.3 Å². The lowest BCUT2D eigenvalue weighted by Crippen LogP contribution is -2.41. The molecule has 0 aromatic carbocycles. The summed E-state index contributed by atoms with van der Waals surface area (Å²) in [5.41, 5.74) is 2.36. The van der Waals surface area contributed by atoms with Gasteiger partial charge < -0.3 is 4.43 Å². The summed E-state index contributed by atoms with van der Waals surface area (Å²) in [7, 11) is -1.73. The maximum atomic E-state index is 12.3. The Morgan fingerprint density at radius 1 is 1.21 bits per heavy atom. The highest BCUT2D eigenvalue weighted by molar-refractivity contribution is 6.74. The summed E-state index contributed by atoms with van der Waals surface area (Å²) in [6, 6.07) is 0. The molecule has 0 spiro atoms. The zero-order valence-electron chi connectivity index (χ0n) is 19.8. The van der Waals surface area contributed by atoms with Gasteiger partial charge in [0, 0.05) is 12.0 Å². The van der Waals surface area contributed by atoms with Crippen LogP contribution in [0.4, 0.5) is 0 Å². The fourth-order valence-electron chi connectivity index (χ4n) is 3.10. The van der Waals surface area contributed by atoms with E-state index in [1.807, 2.05) is 6.92 Å². The molecule has 0 aliphatic heterocycles. The van der Waals surface area contributed by atoms with Gasteiger partial charge in [0.1, 0.15) is 0 Å². The van der Waals surface area contributed by atoms with Crippen molar-refractivity contribution >= 4 is 14.1 Å². The predicted molar refractivity (Wildman–Crippen MR) is 124 cm³/mol. The van der Waals surface area contributed by atoms with E-state index in [0.29, 0.717) is 5.92 Å². The molecule has 158 valence electrons. The molecule has 0 N–H and O–H groups in total. The summed E-state index contributed by atoms with van der Waals surface area (Å²) in [5.74, 6) is 6.61. The summed E-state index contributed by atoms with van der Waals surface area (Å²) in [6.45, 7) is 20.9. The van der Waals surface area contributed by atoms with E-state index >= 15 is 0 Å². The van der Waals surface area contributed by atoms with Gasteiger partial charge in [0.15, 0.2) is 8.32 Å². The first-order valence-corrected chi connectivity index (χ1v) is 13.7. The molecular weight excluding hydrogens is 360 g/mol. The normalized spacial score (nSPS) is 27.2. The van der Waals surface area contributed by atoms with Crippen molar-refractivity contribution in [3.05, 3.63) is 23.3 Å². The van der Waals surface area contributed by atoms with Crippen LogP contribution in [0.15, 0.2) is 23.3 Å². The molecule has 0 aromatic heterocycles. The summed E-state index contributed by atoms with van der Waals surface area (Å²) in [5, 5.41) is 0.228. The zero-order chi connectivity index (χ0) is 21.6. The average Bonchev–Trinajstić information content (AvgIpc) is 2.56. The second kappa shape index (κ2) is 10.1. The molecule has 28 heavy (non-hydrogen) atoms. The fraction of sp³-hybridized carbons (Fsp3) is 0.720. The predicted octanol–water partition coefficient (Wildman–Crippen LogP) is 7.08. The third-order valence-electron chi connectivity index (χ3n) is 6.83. The lowest BCUT2D eigenvalue weighted by Gasteiger charge is -2.37. The minimum atomic E-state index is -1.73. The van der Waals surface area contributed by atoms with Gasteiger partial charge in [-0.3, -0.25) is 4.79 Å². The monoisotopic (exact) mass is 402 g/mol. The van der Waals surface area contributed by atoms with Crippen LogP contribution in [0, 0.1) is 23.2 Å². The van der Waals surface area contributed by atoms with Crippen molar-refractivity contribution < 1.29 is 9.22 Å². The van der Waals surface area contributed by atoms with Gasteiger partial charge in [0.2, 0.25) is 5.78 Å². The summed E-state index contributed by atoms with van der Waals surface area (Å²) < 4.78 is 6.40. The van der Waals surface area contributed by atoms with Crippen molar-refractivity contribution in [3.8, 4) is 11.8 Å². The quantitative estimate of drug-likeness (QED) is 0.212. The molecule has 0 unspecified atom stereocenters. The molecule has 1 aliphatic rings. The molecule has 0 amide bonds. The number of rotatable bonds is 5. The first-order valence-electron chi connectivity index (χ1n) is 10.8. The highest BCUT2D eigenvalue weighted by Gasteiger charge is 2.37. The molecular formula is C25H42O2Si. The van der Waals surface area contributed by atoms with E-state index in [4.69, 9.17) is 4.43 Å². The van der Waals surface area contributed by atoms with Crippen molar-refractivity contribution in [1.82, 2.24) is 0 Å². The van der Waals surface area contributed by atoms with Gasteiger partial charge in [-0.2, -0.15) is 0 Å². The lowest BCUT2D eigenvalue weighted by molar-refractivity contribution is -0.109. The Hall–Kier alpha value is -1.11. The smallest absolute Gasteiger partial charge is 0.228 e. The standard InChI is InChI=1S/C25H42O2Si/c1-20-11-10-12-21(2)19-23(26)14-17-25(7,16-13-20)22(3)15-18-27-28(8,9)24(4,5)6/h11,19,22H,10,12-13,15-16,18H2,1-9H3/b20-11+,21-19-/t22-,25-/m1/s1. The van der Waals surface area contributed by atoms with Gasteiger partial charge in [-0.25, -0.2) is 0 Å². The molecule has 1 rings (SSSR count). The zero-order valence-corrected chi connectivity index (χ0v) is 20.8. The van der Waals surface area contributed by atoms with E-state index in [2.05, 4.69) is 72.6 Å². The number of carbonyl (C=O) groups is 1. The molecule has 0 aromatic rings. The first-order chi connectivity index (χ1) is 12.8. The van der Waals surface area contributed by atoms with Crippen LogP contribution in [0.3, 0.4) is 0 Å². The molecule has 0 fully saturated rings. The Labute approximate surface area is 175 Å². The Morgan fingerprint density at radius 3 is 2.46 bits per heavy atom. The maximum absolute atomic E-state index is 12.3. The van der Waals surface area contributed by atoms with Crippen LogP contribution in [0.1, 0.15) is 80.6 Å². The fourth-order valence-corrected chi connectivity index (χ4v) is 4.16. The average molecular weight is 403 g/mol. The Balaban J connectivity index is 2.94. The molecule has 0 saturated heterocycles. The highest BCUT2D eigenvalue weighted by atomic mass is 28.4. The van der Waals surface area contributed by atoms with Gasteiger partial charge >= 0.3 is 0 Å². The minimum absolute atomic E-state index is 0.0604. The number of allylic oxidation sites excluding steroid dienone is 4. The van der Waals surface area contributed by atoms with Gasteiger partial charge in [-0.05, 0) is 88.9 Å². The molecule has 2 atom stereocenters. The Bertz CT molecular complexity index is 667. The van der Waals surface area contributed by atoms with E-state index in [-0.39, 0.29) is 16.2 Å². The Kier molecular flexibility index (Phi) is 8.97. The minimum Gasteiger partial charge on any atom is -0.417 e. The largest absolute Gasteiger partial charge is 0.417 e. The summed E-state index contributed by atoms with van der Waals surface area (Å²) >= 11 is 0. The Morgan fingerprint density at radius 2 is 1.86 bits per heavy atom. The molecule has 0 bridgehead atoms. The molecule has 0 saturated carbocycles. The highest BCUT2D eigenvalue weighted by Crippen LogP contribution is 2.39. The number of hydrogen-bond donors (Lipinski definition) is 0. The van der Waals surface area contributed by atoms with Crippen LogP contribution in [-0.2, 0) is 9.22 Å².